The zero-order valence-corrected chi connectivity index (χ0v) is 26.1. The first-order valence-electron chi connectivity index (χ1n) is 14.3. The smallest absolute Gasteiger partial charge is 0.303 e. The number of aromatic amines is 1. The molecule has 3 aromatic heterocycles. The Morgan fingerprint density at radius 3 is 2.49 bits per heavy atom. The van der Waals surface area contributed by atoms with Gasteiger partial charge in [0, 0.05) is 54.0 Å². The van der Waals surface area contributed by atoms with Gasteiger partial charge in [-0.2, -0.15) is 0 Å². The molecule has 0 aliphatic heterocycles. The van der Waals surface area contributed by atoms with Gasteiger partial charge in [0.15, 0.2) is 0 Å². The second-order valence-electron chi connectivity index (χ2n) is 10.9. The number of hydrogen-bond acceptors (Lipinski definition) is 5. The number of halogens is 2. The Morgan fingerprint density at radius 1 is 1.09 bits per heavy atom. The Bertz CT molecular complexity index is 2310. The van der Waals surface area contributed by atoms with Crippen molar-refractivity contribution in [2.75, 3.05) is 18.4 Å². The lowest BCUT2D eigenvalue weighted by Crippen LogP contribution is -2.33. The summed E-state index contributed by atoms with van der Waals surface area (Å²) in [6, 6.07) is 18.3. The number of carboxylic acids is 1. The molecule has 5 N–H and O–H groups in total. The minimum atomic E-state index is -3.32. The summed E-state index contributed by atoms with van der Waals surface area (Å²) < 4.78 is 48.9. The van der Waals surface area contributed by atoms with Crippen LogP contribution in [0, 0.1) is 11.6 Å². The van der Waals surface area contributed by atoms with Crippen molar-refractivity contribution < 1.29 is 32.1 Å². The SMILES string of the molecule is C=S(N)(=O)N(C)c1cc2oc(-c3ccc(F)cc3)c(C(=O)NC)c2cc1-c1ccc(CCC(=O)O)c(-c2cc3c(F)cccc3[nH]2)n1. The van der Waals surface area contributed by atoms with Gasteiger partial charge < -0.3 is 19.8 Å². The van der Waals surface area contributed by atoms with E-state index in [1.54, 1.807) is 42.5 Å². The number of hydrogen-bond donors (Lipinski definition) is 4. The number of aromatic nitrogens is 2. The molecule has 0 aliphatic rings. The van der Waals surface area contributed by atoms with Gasteiger partial charge in [-0.05, 0) is 72.5 Å². The number of pyridine rings is 1. The van der Waals surface area contributed by atoms with Crippen LogP contribution in [0.25, 0.3) is 55.8 Å². The van der Waals surface area contributed by atoms with E-state index in [4.69, 9.17) is 14.5 Å². The molecule has 0 spiro atoms. The van der Waals surface area contributed by atoms with E-state index in [0.29, 0.717) is 55.7 Å². The van der Waals surface area contributed by atoms with E-state index in [0.717, 1.165) is 0 Å². The summed E-state index contributed by atoms with van der Waals surface area (Å²) >= 11 is 0. The molecule has 6 aromatic rings. The van der Waals surface area contributed by atoms with Gasteiger partial charge in [0.2, 0.25) is 0 Å². The first-order chi connectivity index (χ1) is 22.3. The number of amides is 1. The summed E-state index contributed by atoms with van der Waals surface area (Å²) in [4.78, 5) is 32.8. The molecule has 0 saturated carbocycles. The summed E-state index contributed by atoms with van der Waals surface area (Å²) in [7, 11) is -0.355. The quantitative estimate of drug-likeness (QED) is 0.142. The van der Waals surface area contributed by atoms with E-state index >= 15 is 0 Å². The first kappa shape index (κ1) is 31.5. The number of carboxylic acid groups (broad SMARTS) is 1. The Labute approximate surface area is 268 Å². The van der Waals surface area contributed by atoms with E-state index in [9.17, 15) is 27.7 Å². The van der Waals surface area contributed by atoms with Crippen molar-refractivity contribution in [1.29, 1.82) is 0 Å². The average molecular weight is 658 g/mol. The normalized spacial score (nSPS) is 12.7. The fraction of sp³-hybridized carbons (Fsp3) is 0.118. The molecule has 3 heterocycles. The predicted molar refractivity (Wildman–Crippen MR) is 179 cm³/mol. The van der Waals surface area contributed by atoms with Gasteiger partial charge in [-0.15, -0.1) is 0 Å². The third kappa shape index (κ3) is 5.93. The molecule has 0 saturated heterocycles. The Kier molecular flexibility index (Phi) is 8.03. The number of anilines is 1. The van der Waals surface area contributed by atoms with Gasteiger partial charge in [0.25, 0.3) is 5.91 Å². The lowest BCUT2D eigenvalue weighted by molar-refractivity contribution is -0.136. The highest BCUT2D eigenvalue weighted by Crippen LogP contribution is 2.41. The van der Waals surface area contributed by atoms with Crippen molar-refractivity contribution in [2.45, 2.75) is 12.8 Å². The van der Waals surface area contributed by atoms with Crippen molar-refractivity contribution in [3.05, 3.63) is 95.6 Å². The predicted octanol–water partition coefficient (Wildman–Crippen LogP) is 5.91. The largest absolute Gasteiger partial charge is 0.481 e. The number of nitrogens with two attached hydrogens (primary N) is 1. The van der Waals surface area contributed by atoms with Crippen molar-refractivity contribution in [3.63, 3.8) is 0 Å². The summed E-state index contributed by atoms with van der Waals surface area (Å²) in [5.41, 5.74) is 3.88. The number of H-pyrrole nitrogens is 1. The maximum absolute atomic E-state index is 14.7. The molecule has 240 valence electrons. The molecule has 6 rings (SSSR count). The standard InChI is InChI=1S/C34H29F2N5O5S/c1-38-34(44)31-23-15-22(28(41(2)47(3,37)45)17-29(23)46-33(31)19-7-11-20(35)12-8-19)26-13-9-18(10-14-30(42)43)32(40-26)27-16-21-24(36)5-4-6-25(21)39-27/h4-9,11-13,15-17,39H,3,10,14H2,1-2H3,(H2,37,45)(H,38,44)(H,42,43). The number of nitrogens with zero attached hydrogens (tertiary/aromatic N) is 2. The zero-order valence-electron chi connectivity index (χ0n) is 25.3. The molecule has 13 heteroatoms. The fourth-order valence-electron chi connectivity index (χ4n) is 5.48. The van der Waals surface area contributed by atoms with Crippen LogP contribution in [-0.4, -0.2) is 51.1 Å². The molecule has 0 bridgehead atoms. The lowest BCUT2D eigenvalue weighted by Gasteiger charge is -2.23. The number of furan rings is 1. The third-order valence-corrected chi connectivity index (χ3v) is 9.02. The van der Waals surface area contributed by atoms with Gasteiger partial charge in [-0.3, -0.25) is 13.9 Å². The molecule has 10 nitrogen and oxygen atoms in total. The highest BCUT2D eigenvalue weighted by Gasteiger charge is 2.26. The molecule has 3 aromatic carbocycles. The van der Waals surface area contributed by atoms with Crippen LogP contribution in [0.4, 0.5) is 14.5 Å². The van der Waals surface area contributed by atoms with Gasteiger partial charge in [0.05, 0.1) is 28.3 Å². The number of nitrogens with one attached hydrogen (secondary N) is 2. The summed E-state index contributed by atoms with van der Waals surface area (Å²) in [6.07, 6.45) is -0.0311. The van der Waals surface area contributed by atoms with E-state index in [1.165, 1.54) is 48.7 Å². The zero-order chi connectivity index (χ0) is 33.6. The second kappa shape index (κ2) is 12.0. The average Bonchev–Trinajstić information content (AvgIpc) is 3.65. The van der Waals surface area contributed by atoms with Crippen LogP contribution in [0.15, 0.2) is 77.2 Å². The van der Waals surface area contributed by atoms with Crippen molar-refractivity contribution >= 4 is 55.2 Å². The second-order valence-corrected chi connectivity index (χ2v) is 12.9. The molecule has 0 fully saturated rings. The number of carbonyl (C=O) groups excluding carboxylic acids is 1. The van der Waals surface area contributed by atoms with E-state index < -0.39 is 33.4 Å². The van der Waals surface area contributed by atoms with E-state index in [-0.39, 0.29) is 29.7 Å². The highest BCUT2D eigenvalue weighted by atomic mass is 32.2. The monoisotopic (exact) mass is 657 g/mol. The lowest BCUT2D eigenvalue weighted by atomic mass is 9.99. The molecular formula is C34H29F2N5O5S. The molecule has 1 atom stereocenters. The first-order valence-corrected chi connectivity index (χ1v) is 16.1. The topological polar surface area (TPSA) is 155 Å². The van der Waals surface area contributed by atoms with Crippen molar-refractivity contribution in [3.8, 4) is 34.0 Å². The minimum Gasteiger partial charge on any atom is -0.481 e. The summed E-state index contributed by atoms with van der Waals surface area (Å²) in [5, 5.41) is 18.7. The Morgan fingerprint density at radius 2 is 1.83 bits per heavy atom. The molecule has 1 unspecified atom stereocenters. The summed E-state index contributed by atoms with van der Waals surface area (Å²) in [5.74, 6) is 1.45. The van der Waals surface area contributed by atoms with Crippen LogP contribution in [-0.2, 0) is 21.1 Å². The van der Waals surface area contributed by atoms with Crippen LogP contribution in [0.5, 0.6) is 0 Å². The molecule has 0 radical (unpaired) electrons. The van der Waals surface area contributed by atoms with Crippen LogP contribution < -0.4 is 14.8 Å². The minimum absolute atomic E-state index is 0.140. The Balaban J connectivity index is 1.63. The van der Waals surface area contributed by atoms with Crippen LogP contribution in [0.1, 0.15) is 22.3 Å². The number of carbonyl (C=O) groups is 2. The number of aliphatic carboxylic acids is 1. The summed E-state index contributed by atoms with van der Waals surface area (Å²) in [6.45, 7) is 0. The highest BCUT2D eigenvalue weighted by molar-refractivity contribution is 7.99. The van der Waals surface area contributed by atoms with Crippen molar-refractivity contribution in [2.24, 2.45) is 5.14 Å². The maximum atomic E-state index is 14.7. The third-order valence-electron chi connectivity index (χ3n) is 7.90. The number of benzene rings is 3. The van der Waals surface area contributed by atoms with Crippen LogP contribution in [0.3, 0.4) is 0 Å². The number of fused-ring (bicyclic) bond motifs is 2. The van der Waals surface area contributed by atoms with E-state index in [2.05, 4.69) is 16.2 Å². The number of rotatable bonds is 9. The van der Waals surface area contributed by atoms with Crippen LogP contribution >= 0.6 is 0 Å². The number of aryl methyl sites for hydroxylation is 1. The van der Waals surface area contributed by atoms with Crippen molar-refractivity contribution in [1.82, 2.24) is 15.3 Å². The van der Waals surface area contributed by atoms with Gasteiger partial charge in [0.1, 0.15) is 32.9 Å². The Hall–Kier alpha value is -5.53. The van der Waals surface area contributed by atoms with Crippen LogP contribution in [0.2, 0.25) is 0 Å². The maximum Gasteiger partial charge on any atom is 0.303 e. The van der Waals surface area contributed by atoms with E-state index in [1.807, 2.05) is 0 Å². The van der Waals surface area contributed by atoms with Gasteiger partial charge in [-0.25, -0.2) is 23.1 Å². The fourth-order valence-corrected chi connectivity index (χ4v) is 5.96. The molecular weight excluding hydrogens is 628 g/mol. The molecule has 0 aliphatic carbocycles. The molecule has 47 heavy (non-hydrogen) atoms. The molecule has 1 amide bonds. The van der Waals surface area contributed by atoms with Gasteiger partial charge in [-0.1, -0.05) is 12.1 Å². The van der Waals surface area contributed by atoms with Gasteiger partial charge >= 0.3 is 5.97 Å².